The summed E-state index contributed by atoms with van der Waals surface area (Å²) >= 11 is 0. The van der Waals surface area contributed by atoms with E-state index in [1.165, 1.54) is 6.92 Å². The summed E-state index contributed by atoms with van der Waals surface area (Å²) in [6.45, 7) is 5.36. The Morgan fingerprint density at radius 3 is 2.67 bits per heavy atom. The Hall–Kier alpha value is -1.30. The minimum absolute atomic E-state index is 0.0527. The molecule has 0 radical (unpaired) electrons. The molecule has 3 heteroatoms. The van der Waals surface area contributed by atoms with E-state index < -0.39 is 0 Å². The van der Waals surface area contributed by atoms with E-state index in [1.807, 2.05) is 26.0 Å². The lowest BCUT2D eigenvalue weighted by Crippen LogP contribution is -2.20. The Bertz CT molecular complexity index is 253. The van der Waals surface area contributed by atoms with Gasteiger partial charge in [-0.2, -0.15) is 5.26 Å². The fourth-order valence-corrected chi connectivity index (χ4v) is 1.15. The molecule has 0 heterocycles. The van der Waals surface area contributed by atoms with Crippen molar-refractivity contribution in [3.05, 3.63) is 12.2 Å². The van der Waals surface area contributed by atoms with Crippen LogP contribution in [0.3, 0.4) is 0 Å². The van der Waals surface area contributed by atoms with Gasteiger partial charge in [0.1, 0.15) is 6.10 Å². The molecular weight excluding hydrogens is 190 g/mol. The number of rotatable bonds is 6. The predicted octanol–water partition coefficient (Wildman–Crippen LogP) is 2.82. The third-order valence-corrected chi connectivity index (χ3v) is 2.25. The predicted molar refractivity (Wildman–Crippen MR) is 59.0 cm³/mol. The maximum Gasteiger partial charge on any atom is 0.302 e. The normalized spacial score (nSPS) is 14.5. The van der Waals surface area contributed by atoms with Crippen molar-refractivity contribution in [1.82, 2.24) is 0 Å². The molecule has 3 nitrogen and oxygen atoms in total. The van der Waals surface area contributed by atoms with Gasteiger partial charge in [0.05, 0.1) is 6.07 Å². The van der Waals surface area contributed by atoms with Gasteiger partial charge < -0.3 is 4.74 Å². The highest BCUT2D eigenvalue weighted by Crippen LogP contribution is 2.12. The summed E-state index contributed by atoms with van der Waals surface area (Å²) in [7, 11) is 0. The zero-order valence-corrected chi connectivity index (χ0v) is 9.69. The maximum absolute atomic E-state index is 10.7. The number of nitrogens with zero attached hydrogens (tertiary/aromatic N) is 1. The number of nitriles is 1. The molecule has 0 rings (SSSR count). The summed E-state index contributed by atoms with van der Waals surface area (Å²) in [6, 6.07) is 2.08. The van der Waals surface area contributed by atoms with Crippen molar-refractivity contribution < 1.29 is 9.53 Å². The first-order valence-electron chi connectivity index (χ1n) is 5.27. The zero-order valence-electron chi connectivity index (χ0n) is 9.69. The SMILES string of the molecule is CC(=O)OC(C)[C@H](C)C/C=C/CCC#N. The third-order valence-electron chi connectivity index (χ3n) is 2.25. The van der Waals surface area contributed by atoms with Crippen LogP contribution >= 0.6 is 0 Å². The zero-order chi connectivity index (χ0) is 11.7. The Balaban J connectivity index is 3.73. The van der Waals surface area contributed by atoms with E-state index in [2.05, 4.69) is 6.07 Å². The van der Waals surface area contributed by atoms with Crippen LogP contribution in [0.4, 0.5) is 0 Å². The second-order valence-electron chi connectivity index (χ2n) is 3.70. The van der Waals surface area contributed by atoms with Crippen molar-refractivity contribution in [2.45, 2.75) is 46.1 Å². The largest absolute Gasteiger partial charge is 0.463 e. The number of ether oxygens (including phenoxy) is 1. The molecule has 0 fully saturated rings. The molecule has 0 aliphatic heterocycles. The van der Waals surface area contributed by atoms with Gasteiger partial charge >= 0.3 is 5.97 Å². The lowest BCUT2D eigenvalue weighted by molar-refractivity contribution is -0.147. The molecule has 0 aliphatic rings. The Kier molecular flexibility index (Phi) is 7.35. The van der Waals surface area contributed by atoms with Crippen molar-refractivity contribution in [3.8, 4) is 6.07 Å². The first-order chi connectivity index (χ1) is 7.07. The molecule has 0 aromatic carbocycles. The number of carbonyl (C=O) groups excluding carboxylic acids is 1. The van der Waals surface area contributed by atoms with Gasteiger partial charge in [-0.15, -0.1) is 0 Å². The van der Waals surface area contributed by atoms with E-state index in [-0.39, 0.29) is 12.1 Å². The highest BCUT2D eigenvalue weighted by atomic mass is 16.5. The van der Waals surface area contributed by atoms with Gasteiger partial charge in [-0.1, -0.05) is 19.1 Å². The first-order valence-corrected chi connectivity index (χ1v) is 5.27. The number of hydrogen-bond acceptors (Lipinski definition) is 3. The van der Waals surface area contributed by atoms with Crippen LogP contribution in [-0.4, -0.2) is 12.1 Å². The van der Waals surface area contributed by atoms with Crippen LogP contribution in [0.25, 0.3) is 0 Å². The van der Waals surface area contributed by atoms with Gasteiger partial charge in [0.2, 0.25) is 0 Å². The number of allylic oxidation sites excluding steroid dienone is 2. The number of esters is 1. The standard InChI is InChI=1S/C12H19NO2/c1-10(11(2)15-12(3)14)8-6-4-5-7-9-13/h4,6,10-11H,5,7-8H2,1-3H3/b6-4+/t10-,11?/m1/s1. The molecule has 84 valence electrons. The fourth-order valence-electron chi connectivity index (χ4n) is 1.15. The fraction of sp³-hybridized carbons (Fsp3) is 0.667. The minimum atomic E-state index is -0.234. The molecule has 0 bridgehead atoms. The van der Waals surface area contributed by atoms with Crippen LogP contribution < -0.4 is 0 Å². The van der Waals surface area contributed by atoms with Crippen molar-refractivity contribution in [2.24, 2.45) is 5.92 Å². The van der Waals surface area contributed by atoms with E-state index in [1.54, 1.807) is 0 Å². The highest BCUT2D eigenvalue weighted by Gasteiger charge is 2.12. The summed E-state index contributed by atoms with van der Waals surface area (Å²) in [5.74, 6) is 0.0787. The van der Waals surface area contributed by atoms with Gasteiger partial charge in [0.15, 0.2) is 0 Å². The van der Waals surface area contributed by atoms with Gasteiger partial charge in [0.25, 0.3) is 0 Å². The van der Waals surface area contributed by atoms with Gasteiger partial charge in [-0.25, -0.2) is 0 Å². The molecule has 0 saturated heterocycles. The quantitative estimate of drug-likeness (QED) is 0.384. The second-order valence-corrected chi connectivity index (χ2v) is 3.70. The van der Waals surface area contributed by atoms with Crippen molar-refractivity contribution in [3.63, 3.8) is 0 Å². The molecule has 2 atom stereocenters. The molecule has 15 heavy (non-hydrogen) atoms. The average Bonchev–Trinajstić information content (AvgIpc) is 2.16. The molecule has 0 amide bonds. The van der Waals surface area contributed by atoms with Crippen LogP contribution in [-0.2, 0) is 9.53 Å². The van der Waals surface area contributed by atoms with Gasteiger partial charge in [-0.05, 0) is 25.7 Å². The Morgan fingerprint density at radius 2 is 2.13 bits per heavy atom. The lowest BCUT2D eigenvalue weighted by atomic mass is 10.0. The van der Waals surface area contributed by atoms with E-state index >= 15 is 0 Å². The first kappa shape index (κ1) is 13.7. The van der Waals surface area contributed by atoms with E-state index in [4.69, 9.17) is 10.00 Å². The highest BCUT2D eigenvalue weighted by molar-refractivity contribution is 5.66. The second kappa shape index (κ2) is 8.05. The van der Waals surface area contributed by atoms with E-state index in [0.717, 1.165) is 12.8 Å². The molecule has 0 aliphatic carbocycles. The van der Waals surface area contributed by atoms with Crippen LogP contribution in [0.15, 0.2) is 12.2 Å². The topological polar surface area (TPSA) is 50.1 Å². The van der Waals surface area contributed by atoms with Crippen LogP contribution in [0.5, 0.6) is 0 Å². The van der Waals surface area contributed by atoms with Crippen LogP contribution in [0, 0.1) is 17.2 Å². The minimum Gasteiger partial charge on any atom is -0.463 e. The Morgan fingerprint density at radius 1 is 1.47 bits per heavy atom. The molecule has 0 aromatic heterocycles. The third kappa shape index (κ3) is 7.75. The van der Waals surface area contributed by atoms with E-state index in [0.29, 0.717) is 12.3 Å². The van der Waals surface area contributed by atoms with Crippen LogP contribution in [0.1, 0.15) is 40.0 Å². The van der Waals surface area contributed by atoms with Gasteiger partial charge in [-0.3, -0.25) is 4.79 Å². The summed E-state index contributed by atoms with van der Waals surface area (Å²) in [5.41, 5.74) is 0. The monoisotopic (exact) mass is 209 g/mol. The van der Waals surface area contributed by atoms with Crippen LogP contribution in [0.2, 0.25) is 0 Å². The summed E-state index contributed by atoms with van der Waals surface area (Å²) < 4.78 is 5.07. The molecule has 0 aromatic rings. The van der Waals surface area contributed by atoms with Gasteiger partial charge in [0, 0.05) is 13.3 Å². The molecule has 0 N–H and O–H groups in total. The smallest absolute Gasteiger partial charge is 0.302 e. The summed E-state index contributed by atoms with van der Waals surface area (Å²) in [5, 5.41) is 8.32. The molecular formula is C12H19NO2. The number of carbonyl (C=O) groups is 1. The summed E-state index contributed by atoms with van der Waals surface area (Å²) in [4.78, 5) is 10.7. The molecule has 0 spiro atoms. The van der Waals surface area contributed by atoms with Crippen molar-refractivity contribution >= 4 is 5.97 Å². The Labute approximate surface area is 91.7 Å². The van der Waals surface area contributed by atoms with Crippen molar-refractivity contribution in [2.75, 3.05) is 0 Å². The average molecular weight is 209 g/mol. The lowest BCUT2D eigenvalue weighted by Gasteiger charge is -2.17. The van der Waals surface area contributed by atoms with Crippen molar-refractivity contribution in [1.29, 1.82) is 5.26 Å². The maximum atomic E-state index is 10.7. The number of unbranched alkanes of at least 4 members (excludes halogenated alkanes) is 1. The molecule has 0 saturated carbocycles. The van der Waals surface area contributed by atoms with E-state index in [9.17, 15) is 4.79 Å². The number of hydrogen-bond donors (Lipinski definition) is 0. The molecule has 1 unspecified atom stereocenters. The summed E-state index contributed by atoms with van der Waals surface area (Å²) in [6.07, 6.45) is 6.22.